The monoisotopic (exact) mass is 446 g/mol. The van der Waals surface area contributed by atoms with Gasteiger partial charge >= 0.3 is 0 Å². The van der Waals surface area contributed by atoms with Gasteiger partial charge in [0, 0.05) is 44.6 Å². The van der Waals surface area contributed by atoms with Gasteiger partial charge in [0.25, 0.3) is 0 Å². The Hall–Kier alpha value is -2.39. The molecule has 0 bridgehead atoms. The van der Waals surface area contributed by atoms with Crippen molar-refractivity contribution in [3.05, 3.63) is 54.1 Å². The number of imidazole rings is 1. The fraction of sp³-hybridized carbons (Fsp3) is 0.545. The van der Waals surface area contributed by atoms with Crippen LogP contribution in [-0.2, 0) is 23.1 Å². The van der Waals surface area contributed by atoms with Crippen molar-refractivity contribution in [1.82, 2.24) is 24.5 Å². The van der Waals surface area contributed by atoms with Crippen molar-refractivity contribution in [1.29, 1.82) is 0 Å². The van der Waals surface area contributed by atoms with E-state index in [1.165, 1.54) is 5.56 Å². The Morgan fingerprint density at radius 3 is 2.61 bits per heavy atom. The minimum absolute atomic E-state index is 0.204. The van der Waals surface area contributed by atoms with Crippen molar-refractivity contribution in [2.24, 2.45) is 4.99 Å². The van der Waals surface area contributed by atoms with Gasteiger partial charge in [-0.3, -0.25) is 0 Å². The van der Waals surface area contributed by atoms with Gasteiger partial charge in [-0.2, -0.15) is 0 Å². The van der Waals surface area contributed by atoms with Crippen LogP contribution >= 0.6 is 0 Å². The lowest BCUT2D eigenvalue weighted by molar-refractivity contribution is 0.306. The second-order valence-electron chi connectivity index (χ2n) is 7.79. The normalized spacial score (nSPS) is 16.4. The molecule has 1 aliphatic rings. The second kappa shape index (κ2) is 11.3. The number of nitrogens with one attached hydrogen (secondary N) is 2. The van der Waals surface area contributed by atoms with E-state index in [-0.39, 0.29) is 11.8 Å². The highest BCUT2D eigenvalue weighted by atomic mass is 32.2. The SMILES string of the molecule is CCCS(=O)(=O)N1CCC(NC(=NCc2nccn2Cc2ccccc2)NCC)CC1. The zero-order valence-electron chi connectivity index (χ0n) is 18.5. The zero-order chi connectivity index (χ0) is 22.1. The molecule has 2 N–H and O–H groups in total. The van der Waals surface area contributed by atoms with Gasteiger partial charge in [-0.15, -0.1) is 0 Å². The molecule has 1 aromatic heterocycles. The van der Waals surface area contributed by atoms with E-state index in [9.17, 15) is 8.42 Å². The number of rotatable bonds is 9. The molecule has 0 unspecified atom stereocenters. The quantitative estimate of drug-likeness (QED) is 0.455. The third kappa shape index (κ3) is 6.80. The van der Waals surface area contributed by atoms with Crippen molar-refractivity contribution in [2.45, 2.75) is 52.2 Å². The predicted molar refractivity (Wildman–Crippen MR) is 124 cm³/mol. The number of guanidine groups is 1. The highest BCUT2D eigenvalue weighted by Gasteiger charge is 2.27. The molecular formula is C22H34N6O2S. The molecule has 0 spiro atoms. The fourth-order valence-electron chi connectivity index (χ4n) is 3.74. The number of piperidine rings is 1. The van der Waals surface area contributed by atoms with Gasteiger partial charge in [-0.25, -0.2) is 22.7 Å². The van der Waals surface area contributed by atoms with Crippen LogP contribution in [0.25, 0.3) is 0 Å². The van der Waals surface area contributed by atoms with Crippen LogP contribution in [0.1, 0.15) is 44.5 Å². The van der Waals surface area contributed by atoms with Gasteiger partial charge in [0.2, 0.25) is 10.0 Å². The van der Waals surface area contributed by atoms with E-state index < -0.39 is 10.0 Å². The molecule has 31 heavy (non-hydrogen) atoms. The van der Waals surface area contributed by atoms with Crippen LogP contribution < -0.4 is 10.6 Å². The predicted octanol–water partition coefficient (Wildman–Crippen LogP) is 2.19. The van der Waals surface area contributed by atoms with E-state index in [1.54, 1.807) is 10.5 Å². The average Bonchev–Trinajstić information content (AvgIpc) is 3.20. The fourth-order valence-corrected chi connectivity index (χ4v) is 5.29. The Labute approximate surface area is 185 Å². The molecule has 0 saturated carbocycles. The van der Waals surface area contributed by atoms with E-state index in [1.807, 2.05) is 38.2 Å². The number of hydrogen-bond donors (Lipinski definition) is 2. The van der Waals surface area contributed by atoms with Crippen LogP contribution in [0, 0.1) is 0 Å². The smallest absolute Gasteiger partial charge is 0.214 e. The first-order valence-corrected chi connectivity index (χ1v) is 12.7. The lowest BCUT2D eigenvalue weighted by atomic mass is 10.1. The summed E-state index contributed by atoms with van der Waals surface area (Å²) in [5, 5.41) is 6.77. The largest absolute Gasteiger partial charge is 0.357 e. The summed E-state index contributed by atoms with van der Waals surface area (Å²) in [5.74, 6) is 1.87. The van der Waals surface area contributed by atoms with Crippen LogP contribution in [-0.4, -0.2) is 59.7 Å². The summed E-state index contributed by atoms with van der Waals surface area (Å²) in [4.78, 5) is 9.20. The lowest BCUT2D eigenvalue weighted by Crippen LogP contribution is -2.50. The summed E-state index contributed by atoms with van der Waals surface area (Å²) < 4.78 is 28.3. The minimum atomic E-state index is -3.12. The first-order valence-electron chi connectivity index (χ1n) is 11.1. The first kappa shape index (κ1) is 23.3. The Kier molecular flexibility index (Phi) is 8.48. The topological polar surface area (TPSA) is 91.6 Å². The molecule has 8 nitrogen and oxygen atoms in total. The standard InChI is InChI=1S/C22H34N6O2S/c1-3-16-31(29,30)28-13-10-20(11-14-28)26-22(23-4-2)25-17-21-24-12-15-27(21)18-19-8-6-5-7-9-19/h5-9,12,15,20H,3-4,10-11,13-14,16-18H2,1-2H3,(H2,23,25,26). The Morgan fingerprint density at radius 1 is 1.19 bits per heavy atom. The van der Waals surface area contributed by atoms with Gasteiger partial charge in [-0.1, -0.05) is 37.3 Å². The molecule has 1 fully saturated rings. The maximum Gasteiger partial charge on any atom is 0.214 e. The summed E-state index contributed by atoms with van der Waals surface area (Å²) in [7, 11) is -3.12. The number of sulfonamides is 1. The van der Waals surface area contributed by atoms with Gasteiger partial charge in [0.15, 0.2) is 5.96 Å². The van der Waals surface area contributed by atoms with Crippen LogP contribution in [0.4, 0.5) is 0 Å². The van der Waals surface area contributed by atoms with Gasteiger partial charge in [0.1, 0.15) is 12.4 Å². The summed E-state index contributed by atoms with van der Waals surface area (Å²) in [6, 6.07) is 10.5. The van der Waals surface area contributed by atoms with Gasteiger partial charge < -0.3 is 15.2 Å². The van der Waals surface area contributed by atoms with Crippen molar-refractivity contribution in [3.63, 3.8) is 0 Å². The van der Waals surface area contributed by atoms with Crippen molar-refractivity contribution in [2.75, 3.05) is 25.4 Å². The van der Waals surface area contributed by atoms with Crippen molar-refractivity contribution < 1.29 is 8.42 Å². The molecule has 0 atom stereocenters. The highest BCUT2D eigenvalue weighted by Crippen LogP contribution is 2.15. The number of aromatic nitrogens is 2. The molecule has 0 aliphatic carbocycles. The van der Waals surface area contributed by atoms with Crippen molar-refractivity contribution in [3.8, 4) is 0 Å². The van der Waals surface area contributed by atoms with E-state index in [4.69, 9.17) is 4.99 Å². The van der Waals surface area contributed by atoms with Crippen LogP contribution in [0.3, 0.4) is 0 Å². The minimum Gasteiger partial charge on any atom is -0.357 e. The van der Waals surface area contributed by atoms with Crippen LogP contribution in [0.15, 0.2) is 47.7 Å². The molecule has 0 radical (unpaired) electrons. The Balaban J connectivity index is 1.58. The summed E-state index contributed by atoms with van der Waals surface area (Å²) >= 11 is 0. The maximum absolute atomic E-state index is 12.3. The van der Waals surface area contributed by atoms with Gasteiger partial charge in [0.05, 0.1) is 5.75 Å². The number of hydrogen-bond acceptors (Lipinski definition) is 4. The molecule has 170 valence electrons. The third-order valence-corrected chi connectivity index (χ3v) is 7.45. The summed E-state index contributed by atoms with van der Waals surface area (Å²) in [6.07, 6.45) is 5.98. The molecule has 2 heterocycles. The van der Waals surface area contributed by atoms with Crippen LogP contribution in [0.5, 0.6) is 0 Å². The number of aliphatic imine (C=N–C) groups is 1. The van der Waals surface area contributed by atoms with Gasteiger partial charge in [-0.05, 0) is 31.7 Å². The second-order valence-corrected chi connectivity index (χ2v) is 9.87. The maximum atomic E-state index is 12.3. The van der Waals surface area contributed by atoms with E-state index in [0.717, 1.165) is 37.7 Å². The molecule has 2 aromatic rings. The number of benzene rings is 1. The van der Waals surface area contributed by atoms with Crippen LogP contribution in [0.2, 0.25) is 0 Å². The molecule has 3 rings (SSSR count). The highest BCUT2D eigenvalue weighted by molar-refractivity contribution is 7.89. The molecule has 9 heteroatoms. The van der Waals surface area contributed by atoms with E-state index in [0.29, 0.717) is 26.1 Å². The first-order chi connectivity index (χ1) is 15.0. The average molecular weight is 447 g/mol. The Bertz CT molecular complexity index is 934. The molecule has 1 aromatic carbocycles. The van der Waals surface area contributed by atoms with E-state index >= 15 is 0 Å². The van der Waals surface area contributed by atoms with Crippen molar-refractivity contribution >= 4 is 16.0 Å². The Morgan fingerprint density at radius 2 is 1.94 bits per heavy atom. The number of nitrogens with zero attached hydrogens (tertiary/aromatic N) is 4. The molecule has 1 saturated heterocycles. The van der Waals surface area contributed by atoms with E-state index in [2.05, 4.69) is 32.3 Å². The third-order valence-electron chi connectivity index (χ3n) is 5.37. The lowest BCUT2D eigenvalue weighted by Gasteiger charge is -2.32. The summed E-state index contributed by atoms with van der Waals surface area (Å²) in [6.45, 7) is 7.04. The molecule has 0 amide bonds. The zero-order valence-corrected chi connectivity index (χ0v) is 19.3. The molecule has 1 aliphatic heterocycles. The summed E-state index contributed by atoms with van der Waals surface area (Å²) in [5.41, 5.74) is 1.22. The molecular weight excluding hydrogens is 412 g/mol.